The highest BCUT2D eigenvalue weighted by atomic mass is 16.6. The first-order valence-electron chi connectivity index (χ1n) is 8.26. The average Bonchev–Trinajstić information content (AvgIpc) is 2.84. The van der Waals surface area contributed by atoms with E-state index in [-0.39, 0.29) is 6.09 Å². The maximum absolute atomic E-state index is 12.3. The van der Waals surface area contributed by atoms with Crippen molar-refractivity contribution < 1.29 is 9.53 Å². The number of amides is 1. The average molecular weight is 299 g/mol. The molecule has 0 bridgehead atoms. The molecule has 124 valence electrons. The van der Waals surface area contributed by atoms with Crippen LogP contribution in [0.5, 0.6) is 0 Å². The second-order valence-corrected chi connectivity index (χ2v) is 7.01. The maximum Gasteiger partial charge on any atom is 0.410 e. The minimum atomic E-state index is -0.431. The van der Waals surface area contributed by atoms with Crippen molar-refractivity contribution in [2.24, 2.45) is 11.7 Å². The van der Waals surface area contributed by atoms with E-state index in [2.05, 4.69) is 11.8 Å². The van der Waals surface area contributed by atoms with E-state index in [9.17, 15) is 4.79 Å². The lowest BCUT2D eigenvalue weighted by Gasteiger charge is -2.29. The SMILES string of the molecule is CCCCN(CCN1CCC(CN)C1)C(=O)OC(C)(C)C. The molecule has 0 aromatic rings. The molecule has 1 amide bonds. The predicted molar refractivity (Wildman–Crippen MR) is 86.3 cm³/mol. The fraction of sp³-hybridized carbons (Fsp3) is 0.938. The van der Waals surface area contributed by atoms with Gasteiger partial charge in [-0.15, -0.1) is 0 Å². The second kappa shape index (κ2) is 8.59. The molecule has 1 fully saturated rings. The number of unbranched alkanes of at least 4 members (excludes halogenated alkanes) is 1. The van der Waals surface area contributed by atoms with Crippen molar-refractivity contribution in [3.63, 3.8) is 0 Å². The van der Waals surface area contributed by atoms with E-state index in [0.717, 1.165) is 52.1 Å². The Bertz CT molecular complexity index is 315. The van der Waals surface area contributed by atoms with Gasteiger partial charge in [0.05, 0.1) is 0 Å². The van der Waals surface area contributed by atoms with Gasteiger partial charge in [0.1, 0.15) is 5.60 Å². The summed E-state index contributed by atoms with van der Waals surface area (Å²) < 4.78 is 5.50. The molecular formula is C16H33N3O2. The summed E-state index contributed by atoms with van der Waals surface area (Å²) in [4.78, 5) is 16.5. The standard InChI is InChI=1S/C16H33N3O2/c1-5-6-8-19(15(20)21-16(2,3)4)11-10-18-9-7-14(12-17)13-18/h14H,5-13,17H2,1-4H3. The van der Waals surface area contributed by atoms with Crippen LogP contribution in [0.4, 0.5) is 4.79 Å². The van der Waals surface area contributed by atoms with Gasteiger partial charge < -0.3 is 20.3 Å². The van der Waals surface area contributed by atoms with Crippen LogP contribution in [0.25, 0.3) is 0 Å². The van der Waals surface area contributed by atoms with Crippen LogP contribution in [0.3, 0.4) is 0 Å². The molecule has 2 N–H and O–H groups in total. The van der Waals surface area contributed by atoms with Crippen molar-refractivity contribution >= 4 is 6.09 Å². The van der Waals surface area contributed by atoms with E-state index in [0.29, 0.717) is 5.92 Å². The molecule has 1 saturated heterocycles. The Labute approximate surface area is 129 Å². The van der Waals surface area contributed by atoms with Crippen LogP contribution in [0.15, 0.2) is 0 Å². The zero-order valence-electron chi connectivity index (χ0n) is 14.2. The van der Waals surface area contributed by atoms with Crippen molar-refractivity contribution in [2.45, 2.75) is 52.6 Å². The summed E-state index contributed by atoms with van der Waals surface area (Å²) in [5, 5.41) is 0. The summed E-state index contributed by atoms with van der Waals surface area (Å²) in [7, 11) is 0. The fourth-order valence-corrected chi connectivity index (χ4v) is 2.54. The molecule has 1 heterocycles. The van der Waals surface area contributed by atoms with Crippen LogP contribution >= 0.6 is 0 Å². The molecule has 1 aliphatic heterocycles. The third kappa shape index (κ3) is 7.14. The van der Waals surface area contributed by atoms with Crippen LogP contribution in [-0.2, 0) is 4.74 Å². The molecule has 5 nitrogen and oxygen atoms in total. The Morgan fingerprint density at radius 1 is 1.38 bits per heavy atom. The molecule has 1 atom stereocenters. The summed E-state index contributed by atoms with van der Waals surface area (Å²) in [6, 6.07) is 0. The van der Waals surface area contributed by atoms with Crippen LogP contribution < -0.4 is 5.73 Å². The van der Waals surface area contributed by atoms with Gasteiger partial charge in [-0.3, -0.25) is 0 Å². The van der Waals surface area contributed by atoms with Gasteiger partial charge in [-0.05, 0) is 52.6 Å². The van der Waals surface area contributed by atoms with E-state index in [4.69, 9.17) is 10.5 Å². The number of hydrogen-bond donors (Lipinski definition) is 1. The minimum absolute atomic E-state index is 0.189. The van der Waals surface area contributed by atoms with Crippen LogP contribution in [0.2, 0.25) is 0 Å². The highest BCUT2D eigenvalue weighted by molar-refractivity contribution is 5.68. The largest absolute Gasteiger partial charge is 0.444 e. The maximum atomic E-state index is 12.3. The van der Waals surface area contributed by atoms with Gasteiger partial charge in [-0.1, -0.05) is 13.3 Å². The third-order valence-corrected chi connectivity index (χ3v) is 3.82. The van der Waals surface area contributed by atoms with E-state index < -0.39 is 5.60 Å². The number of carbonyl (C=O) groups excluding carboxylic acids is 1. The van der Waals surface area contributed by atoms with Crippen LogP contribution in [0, 0.1) is 5.92 Å². The summed E-state index contributed by atoms with van der Waals surface area (Å²) in [5.74, 6) is 0.621. The van der Waals surface area contributed by atoms with Gasteiger partial charge in [-0.25, -0.2) is 4.79 Å². The van der Waals surface area contributed by atoms with E-state index in [1.807, 2.05) is 25.7 Å². The zero-order valence-corrected chi connectivity index (χ0v) is 14.2. The normalized spacial score (nSPS) is 19.8. The van der Waals surface area contributed by atoms with Gasteiger partial charge >= 0.3 is 6.09 Å². The molecule has 1 rings (SSSR count). The molecule has 0 saturated carbocycles. The third-order valence-electron chi connectivity index (χ3n) is 3.82. The molecule has 1 aliphatic rings. The number of carbonyl (C=O) groups is 1. The van der Waals surface area contributed by atoms with Crippen molar-refractivity contribution in [2.75, 3.05) is 39.3 Å². The van der Waals surface area contributed by atoms with Crippen molar-refractivity contribution in [1.29, 1.82) is 0 Å². The topological polar surface area (TPSA) is 58.8 Å². The van der Waals surface area contributed by atoms with Crippen molar-refractivity contribution in [3.05, 3.63) is 0 Å². The summed E-state index contributed by atoms with van der Waals surface area (Å²) in [5.41, 5.74) is 5.29. The summed E-state index contributed by atoms with van der Waals surface area (Å²) in [6.45, 7) is 13.2. The number of nitrogens with zero attached hydrogens (tertiary/aromatic N) is 2. The first-order chi connectivity index (χ1) is 9.85. The van der Waals surface area contributed by atoms with Crippen molar-refractivity contribution in [3.8, 4) is 0 Å². The van der Waals surface area contributed by atoms with Gasteiger partial charge in [0, 0.05) is 26.2 Å². The Hall–Kier alpha value is -0.810. The number of likely N-dealkylation sites (tertiary alicyclic amines) is 1. The number of hydrogen-bond acceptors (Lipinski definition) is 4. The van der Waals surface area contributed by atoms with Gasteiger partial charge in [0.25, 0.3) is 0 Å². The number of rotatable bonds is 7. The predicted octanol–water partition coefficient (Wildman–Crippen LogP) is 2.30. The van der Waals surface area contributed by atoms with E-state index in [1.165, 1.54) is 6.42 Å². The molecule has 0 aromatic heterocycles. The lowest BCUT2D eigenvalue weighted by Crippen LogP contribution is -2.41. The molecule has 0 aliphatic carbocycles. The monoisotopic (exact) mass is 299 g/mol. The molecular weight excluding hydrogens is 266 g/mol. The number of nitrogens with two attached hydrogens (primary N) is 1. The van der Waals surface area contributed by atoms with Gasteiger partial charge in [-0.2, -0.15) is 0 Å². The Balaban J connectivity index is 2.44. The molecule has 0 spiro atoms. The Morgan fingerprint density at radius 3 is 2.62 bits per heavy atom. The second-order valence-electron chi connectivity index (χ2n) is 7.01. The Kier molecular flexibility index (Phi) is 7.46. The lowest BCUT2D eigenvalue weighted by molar-refractivity contribution is 0.0233. The smallest absolute Gasteiger partial charge is 0.410 e. The molecule has 1 unspecified atom stereocenters. The first-order valence-corrected chi connectivity index (χ1v) is 8.26. The minimum Gasteiger partial charge on any atom is -0.444 e. The number of ether oxygens (including phenoxy) is 1. The van der Waals surface area contributed by atoms with Crippen LogP contribution in [0.1, 0.15) is 47.0 Å². The van der Waals surface area contributed by atoms with Crippen molar-refractivity contribution in [1.82, 2.24) is 9.80 Å². The molecule has 0 radical (unpaired) electrons. The zero-order chi connectivity index (χ0) is 15.9. The quantitative estimate of drug-likeness (QED) is 0.783. The van der Waals surface area contributed by atoms with Crippen LogP contribution in [-0.4, -0.2) is 60.8 Å². The van der Waals surface area contributed by atoms with E-state index >= 15 is 0 Å². The molecule has 21 heavy (non-hydrogen) atoms. The highest BCUT2D eigenvalue weighted by Gasteiger charge is 2.24. The van der Waals surface area contributed by atoms with E-state index in [1.54, 1.807) is 0 Å². The fourth-order valence-electron chi connectivity index (χ4n) is 2.54. The highest BCUT2D eigenvalue weighted by Crippen LogP contribution is 2.15. The summed E-state index contributed by atoms with van der Waals surface area (Å²) in [6.07, 6.45) is 3.09. The van der Waals surface area contributed by atoms with Gasteiger partial charge in [0.2, 0.25) is 0 Å². The lowest BCUT2D eigenvalue weighted by atomic mass is 10.1. The Morgan fingerprint density at radius 2 is 2.10 bits per heavy atom. The molecule has 0 aromatic carbocycles. The molecule has 5 heteroatoms. The first kappa shape index (κ1) is 18.2. The summed E-state index contributed by atoms with van der Waals surface area (Å²) >= 11 is 0. The van der Waals surface area contributed by atoms with Gasteiger partial charge in [0.15, 0.2) is 0 Å².